The van der Waals surface area contributed by atoms with Crippen molar-refractivity contribution in [3.05, 3.63) is 41.3 Å². The smallest absolute Gasteiger partial charge is 0.337 e. The second-order valence-corrected chi connectivity index (χ2v) is 12.5. The van der Waals surface area contributed by atoms with E-state index in [-0.39, 0.29) is 23.4 Å². The van der Waals surface area contributed by atoms with Crippen molar-refractivity contribution < 1.29 is 23.5 Å². The molecule has 1 rings (SSSR count). The summed E-state index contributed by atoms with van der Waals surface area (Å²) in [5.74, 6) is -1.71. The van der Waals surface area contributed by atoms with Crippen LogP contribution in [0.1, 0.15) is 15.9 Å². The molecule has 0 aliphatic heterocycles. The van der Waals surface area contributed by atoms with E-state index in [1.165, 1.54) is 32.5 Å². The van der Waals surface area contributed by atoms with E-state index in [0.29, 0.717) is 6.61 Å². The molecule has 0 spiro atoms. The van der Waals surface area contributed by atoms with Crippen LogP contribution in [-0.2, 0) is 14.3 Å². The fourth-order valence-electron chi connectivity index (χ4n) is 2.03. The largest absolute Gasteiger partial charge is 0.465 e. The predicted molar refractivity (Wildman–Crippen MR) is 102 cm³/mol. The topological polar surface area (TPSA) is 76.7 Å². The zero-order valence-corrected chi connectivity index (χ0v) is 16.9. The summed E-state index contributed by atoms with van der Waals surface area (Å²) in [6.45, 7) is 7.58. The zero-order chi connectivity index (χ0) is 19.7. The molecule has 0 saturated carbocycles. The highest BCUT2D eigenvalue weighted by atomic mass is 28.3. The Bertz CT molecular complexity index is 672. The van der Waals surface area contributed by atoms with Gasteiger partial charge < -0.3 is 20.1 Å². The van der Waals surface area contributed by atoms with E-state index in [0.717, 1.165) is 12.1 Å². The maximum absolute atomic E-state index is 14.2. The van der Waals surface area contributed by atoms with Crippen molar-refractivity contribution in [2.24, 2.45) is 0 Å². The SMILES string of the molecule is CNC(=O)/C(=C\NCOCC[Si](C)(C)C)c1cc(C(=O)OC)ccc1F. The van der Waals surface area contributed by atoms with Gasteiger partial charge >= 0.3 is 5.97 Å². The van der Waals surface area contributed by atoms with E-state index in [1.54, 1.807) is 0 Å². The summed E-state index contributed by atoms with van der Waals surface area (Å²) >= 11 is 0. The van der Waals surface area contributed by atoms with Crippen LogP contribution in [0.3, 0.4) is 0 Å². The van der Waals surface area contributed by atoms with Gasteiger partial charge in [-0.25, -0.2) is 9.18 Å². The van der Waals surface area contributed by atoms with Gasteiger partial charge in [0, 0.05) is 33.5 Å². The Hall–Kier alpha value is -2.19. The summed E-state index contributed by atoms with van der Waals surface area (Å²) in [5.41, 5.74) is 0.219. The summed E-state index contributed by atoms with van der Waals surface area (Å²) in [5, 5.41) is 5.32. The minimum absolute atomic E-state index is 0.00171. The van der Waals surface area contributed by atoms with Gasteiger partial charge in [0.1, 0.15) is 12.5 Å². The van der Waals surface area contributed by atoms with E-state index < -0.39 is 25.8 Å². The Morgan fingerprint density at radius 1 is 1.27 bits per heavy atom. The molecular weight excluding hydrogens is 355 g/mol. The molecule has 6 nitrogen and oxygen atoms in total. The van der Waals surface area contributed by atoms with Gasteiger partial charge in [-0.1, -0.05) is 19.6 Å². The molecule has 0 saturated heterocycles. The van der Waals surface area contributed by atoms with Crippen molar-refractivity contribution in [1.29, 1.82) is 0 Å². The van der Waals surface area contributed by atoms with Gasteiger partial charge in [-0.05, 0) is 24.2 Å². The summed E-state index contributed by atoms with van der Waals surface area (Å²) in [6, 6.07) is 4.74. The summed E-state index contributed by atoms with van der Waals surface area (Å²) < 4.78 is 24.4. The van der Waals surface area contributed by atoms with Gasteiger partial charge in [0.2, 0.25) is 0 Å². The van der Waals surface area contributed by atoms with Crippen LogP contribution in [0.4, 0.5) is 4.39 Å². The first kappa shape index (κ1) is 21.8. The molecule has 0 aliphatic rings. The number of amides is 1. The fraction of sp³-hybridized carbons (Fsp3) is 0.444. The van der Waals surface area contributed by atoms with Crippen LogP contribution in [0.15, 0.2) is 24.4 Å². The van der Waals surface area contributed by atoms with Crippen molar-refractivity contribution in [2.75, 3.05) is 27.5 Å². The van der Waals surface area contributed by atoms with E-state index in [2.05, 4.69) is 35.0 Å². The first-order valence-electron chi connectivity index (χ1n) is 8.31. The molecule has 1 aromatic rings. The minimum Gasteiger partial charge on any atom is -0.465 e. The van der Waals surface area contributed by atoms with Crippen LogP contribution >= 0.6 is 0 Å². The highest BCUT2D eigenvalue weighted by Crippen LogP contribution is 2.20. The summed E-state index contributed by atoms with van der Waals surface area (Å²) in [7, 11) is 1.51. The summed E-state index contributed by atoms with van der Waals surface area (Å²) in [4.78, 5) is 23.8. The molecule has 0 bridgehead atoms. The molecule has 0 heterocycles. The molecule has 1 amide bonds. The molecule has 2 N–H and O–H groups in total. The van der Waals surface area contributed by atoms with Crippen molar-refractivity contribution in [2.45, 2.75) is 25.7 Å². The molecule has 26 heavy (non-hydrogen) atoms. The van der Waals surface area contributed by atoms with Crippen molar-refractivity contribution in [3.63, 3.8) is 0 Å². The molecule has 1 aromatic carbocycles. The number of ether oxygens (including phenoxy) is 2. The number of carbonyl (C=O) groups is 2. The Kier molecular flexibility index (Phi) is 8.47. The van der Waals surface area contributed by atoms with Crippen LogP contribution in [0.5, 0.6) is 0 Å². The van der Waals surface area contributed by atoms with Gasteiger partial charge in [-0.2, -0.15) is 0 Å². The van der Waals surface area contributed by atoms with E-state index in [4.69, 9.17) is 4.74 Å². The molecule has 0 unspecified atom stereocenters. The highest BCUT2D eigenvalue weighted by Gasteiger charge is 2.18. The predicted octanol–water partition coefficient (Wildman–Crippen LogP) is 2.60. The number of methoxy groups -OCH3 is 1. The Morgan fingerprint density at radius 3 is 2.54 bits per heavy atom. The molecular formula is C18H27FN2O4Si. The number of halogens is 1. The second kappa shape index (κ2) is 10.1. The maximum atomic E-state index is 14.2. The third-order valence-corrected chi connectivity index (χ3v) is 5.28. The summed E-state index contributed by atoms with van der Waals surface area (Å²) in [6.07, 6.45) is 1.38. The number of hydrogen-bond donors (Lipinski definition) is 2. The number of benzene rings is 1. The number of esters is 1. The molecule has 8 heteroatoms. The molecule has 0 atom stereocenters. The highest BCUT2D eigenvalue weighted by molar-refractivity contribution is 6.76. The van der Waals surface area contributed by atoms with Crippen LogP contribution in [0.25, 0.3) is 5.57 Å². The lowest BCUT2D eigenvalue weighted by atomic mass is 10.0. The average molecular weight is 383 g/mol. The first-order chi connectivity index (χ1) is 12.2. The zero-order valence-electron chi connectivity index (χ0n) is 15.9. The third-order valence-electron chi connectivity index (χ3n) is 3.58. The van der Waals surface area contributed by atoms with Crippen LogP contribution < -0.4 is 10.6 Å². The molecule has 0 radical (unpaired) electrons. The third kappa shape index (κ3) is 6.97. The molecule has 144 valence electrons. The Labute approximate surface area is 154 Å². The van der Waals surface area contributed by atoms with Crippen molar-refractivity contribution >= 4 is 25.5 Å². The Morgan fingerprint density at radius 2 is 1.96 bits per heavy atom. The standard InChI is InChI=1S/C18H27FN2O4Si/c1-20-17(22)15(11-21-12-25-8-9-26(3,4)5)14-10-13(18(23)24-2)6-7-16(14)19/h6-7,10-11,21H,8-9,12H2,1-5H3,(H,20,22)/b15-11-. The van der Waals surface area contributed by atoms with Gasteiger partial charge in [-0.3, -0.25) is 4.79 Å². The lowest BCUT2D eigenvalue weighted by Crippen LogP contribution is -2.24. The van der Waals surface area contributed by atoms with Crippen molar-refractivity contribution in [3.8, 4) is 0 Å². The van der Waals surface area contributed by atoms with E-state index in [9.17, 15) is 14.0 Å². The van der Waals surface area contributed by atoms with Crippen LogP contribution in [0.2, 0.25) is 25.7 Å². The quantitative estimate of drug-likeness (QED) is 0.226. The molecule has 0 aliphatic carbocycles. The lowest BCUT2D eigenvalue weighted by molar-refractivity contribution is -0.115. The van der Waals surface area contributed by atoms with Crippen LogP contribution in [0, 0.1) is 5.82 Å². The second-order valence-electron chi connectivity index (χ2n) is 6.89. The Balaban J connectivity index is 2.90. The fourth-order valence-corrected chi connectivity index (χ4v) is 2.79. The number of carbonyl (C=O) groups excluding carboxylic acids is 2. The van der Waals surface area contributed by atoms with Gasteiger partial charge in [0.25, 0.3) is 5.91 Å². The average Bonchev–Trinajstić information content (AvgIpc) is 2.59. The maximum Gasteiger partial charge on any atom is 0.337 e. The number of likely N-dealkylation sites (N-methyl/N-ethyl adjacent to an activating group) is 1. The van der Waals surface area contributed by atoms with Gasteiger partial charge in [-0.15, -0.1) is 0 Å². The number of nitrogens with one attached hydrogen (secondary N) is 2. The molecule has 0 fully saturated rings. The number of hydrogen-bond acceptors (Lipinski definition) is 5. The minimum atomic E-state index is -1.17. The first-order valence-corrected chi connectivity index (χ1v) is 12.0. The van der Waals surface area contributed by atoms with Gasteiger partial charge in [0.05, 0.1) is 18.2 Å². The lowest BCUT2D eigenvalue weighted by Gasteiger charge is -2.15. The van der Waals surface area contributed by atoms with Crippen molar-refractivity contribution in [1.82, 2.24) is 10.6 Å². The monoisotopic (exact) mass is 382 g/mol. The van der Waals surface area contributed by atoms with E-state index >= 15 is 0 Å². The molecule has 0 aromatic heterocycles. The number of rotatable bonds is 9. The van der Waals surface area contributed by atoms with E-state index in [1.807, 2.05) is 0 Å². The van der Waals surface area contributed by atoms with Crippen LogP contribution in [-0.4, -0.2) is 47.4 Å². The normalized spacial score (nSPS) is 11.8. The van der Waals surface area contributed by atoms with Gasteiger partial charge in [0.15, 0.2) is 0 Å².